The number of fused-ring (bicyclic) bond motifs is 5. The maximum absolute atomic E-state index is 15.2. The number of hydrogen-bond donors (Lipinski definition) is 3. The first-order chi connectivity index (χ1) is 36.8. The number of carbonyl (C=O) groups is 5. The van der Waals surface area contributed by atoms with Crippen molar-refractivity contribution < 1.29 is 77.2 Å². The van der Waals surface area contributed by atoms with Crippen molar-refractivity contribution in [2.45, 2.75) is 230 Å². The van der Waals surface area contributed by atoms with Gasteiger partial charge in [0.1, 0.15) is 42.7 Å². The SMILES string of the molecule is CCCCCCCCCCCCCCCCCC1OCC(COC(=O)O[C@@H](C(=O)O[C@H]2C[C@@]3(O)[C@@H](OC(=O)c4ccccc4)[C@@H]4[C@]5(OC(C)=O)CO[C@@H]5C[C@H](O)[C@@]4(C)C(=O)[C@H](O)C(=C2C)C3(C)C)[C@@H](C)c2ccccc2)O1. The quantitative estimate of drug-likeness (QED) is 0.0345. The Balaban J connectivity index is 1.04. The number of aliphatic hydroxyl groups is 3. The van der Waals surface area contributed by atoms with Gasteiger partial charge in [-0.1, -0.05) is 166 Å². The molecule has 3 N–H and O–H groups in total. The van der Waals surface area contributed by atoms with E-state index in [-0.39, 0.29) is 43.0 Å². The molecule has 7 rings (SSSR count). The summed E-state index contributed by atoms with van der Waals surface area (Å²) >= 11 is 0. The molecule has 426 valence electrons. The Labute approximate surface area is 455 Å². The van der Waals surface area contributed by atoms with Gasteiger partial charge < -0.3 is 53.2 Å². The van der Waals surface area contributed by atoms with E-state index >= 15 is 4.79 Å². The fourth-order valence-electron chi connectivity index (χ4n) is 13.0. The molecule has 2 bridgehead atoms. The predicted octanol–water partition coefficient (Wildman–Crippen LogP) is 9.96. The molecule has 0 radical (unpaired) electrons. The lowest BCUT2D eigenvalue weighted by Crippen LogP contribution is -2.81. The van der Waals surface area contributed by atoms with Crippen LogP contribution < -0.4 is 0 Å². The highest BCUT2D eigenvalue weighted by Gasteiger charge is 2.78. The van der Waals surface area contributed by atoms with E-state index in [2.05, 4.69) is 6.92 Å². The van der Waals surface area contributed by atoms with Crippen LogP contribution in [0.1, 0.15) is 186 Å². The second-order valence-corrected chi connectivity index (χ2v) is 23.2. The van der Waals surface area contributed by atoms with Crippen molar-refractivity contribution in [3.05, 3.63) is 82.9 Å². The molecule has 2 saturated heterocycles. The minimum atomic E-state index is -2.34. The Hall–Kier alpha value is -4.71. The second kappa shape index (κ2) is 26.5. The van der Waals surface area contributed by atoms with Gasteiger partial charge in [0.2, 0.25) is 6.10 Å². The van der Waals surface area contributed by atoms with Crippen LogP contribution in [0.15, 0.2) is 71.8 Å². The van der Waals surface area contributed by atoms with Gasteiger partial charge in [-0.2, -0.15) is 0 Å². The molecular weight excluding hydrogens is 989 g/mol. The van der Waals surface area contributed by atoms with Crippen molar-refractivity contribution in [2.24, 2.45) is 16.7 Å². The molecule has 2 aliphatic heterocycles. The normalized spacial score (nSPS) is 31.1. The Morgan fingerprint density at radius 2 is 1.38 bits per heavy atom. The van der Waals surface area contributed by atoms with Crippen LogP contribution in [0.4, 0.5) is 4.79 Å². The number of ether oxygens (including phenoxy) is 8. The summed E-state index contributed by atoms with van der Waals surface area (Å²) in [5.41, 5.74) is -6.82. The molecule has 13 atom stereocenters. The largest absolute Gasteiger partial charge is 0.509 e. The third kappa shape index (κ3) is 13.2. The molecule has 16 nitrogen and oxygen atoms in total. The first-order valence-corrected chi connectivity index (χ1v) is 28.6. The van der Waals surface area contributed by atoms with E-state index in [1.807, 2.05) is 0 Å². The van der Waals surface area contributed by atoms with Crippen LogP contribution in [0.2, 0.25) is 0 Å². The number of aliphatic hydroxyl groups excluding tert-OH is 2. The number of unbranched alkanes of at least 4 members (excludes halogenated alkanes) is 14. The zero-order chi connectivity index (χ0) is 55.5. The maximum Gasteiger partial charge on any atom is 0.509 e. The van der Waals surface area contributed by atoms with Gasteiger partial charge in [-0.3, -0.25) is 9.59 Å². The molecule has 2 heterocycles. The summed E-state index contributed by atoms with van der Waals surface area (Å²) in [5.74, 6) is -5.91. The number of hydrogen-bond acceptors (Lipinski definition) is 16. The minimum Gasteiger partial charge on any atom is -0.455 e. The highest BCUT2D eigenvalue weighted by Crippen LogP contribution is 2.64. The first kappa shape index (κ1) is 59.9. The number of rotatable bonds is 26. The second-order valence-electron chi connectivity index (χ2n) is 23.2. The van der Waals surface area contributed by atoms with Gasteiger partial charge in [0.05, 0.1) is 36.2 Å². The fraction of sp³-hybridized carbons (Fsp3) is 0.689. The molecule has 0 amide bonds. The standard InChI is InChI=1S/C61H86O16/c1-8-9-10-11-12-13-14-15-16-17-18-19-20-21-28-33-48-70-36-44(73-48)37-71-57(68)75-51(39(2)42-29-24-22-25-30-42)56(67)74-45-35-61(69)54(76-55(66)43-31-26-23-27-32-43)52-59(7,53(65)50(64)49(40(45)3)58(61,5)6)46(63)34-47-60(52,38-72-47)77-41(4)62/h22-27,29-32,39,44-48,50-52,54,63-64,69H,8-21,28,33-38H2,1-7H3/t39-,44?,45-,46-,47+,48?,50+,51+,52-,54-,59+,60-,61+/m0/s1. The third-order valence-corrected chi connectivity index (χ3v) is 17.7. The lowest BCUT2D eigenvalue weighted by Gasteiger charge is -2.67. The number of carbonyl (C=O) groups excluding carboxylic acids is 5. The van der Waals surface area contributed by atoms with E-state index in [9.17, 15) is 34.5 Å². The summed E-state index contributed by atoms with van der Waals surface area (Å²) < 4.78 is 48.0. The van der Waals surface area contributed by atoms with Crippen LogP contribution in [0.5, 0.6) is 0 Å². The Bertz CT molecular complexity index is 2340. The van der Waals surface area contributed by atoms with Gasteiger partial charge in [-0.05, 0) is 55.5 Å². The van der Waals surface area contributed by atoms with E-state index in [1.54, 1.807) is 76.2 Å². The molecule has 5 aliphatic rings. The lowest BCUT2D eigenvalue weighted by molar-refractivity contribution is -0.346. The summed E-state index contributed by atoms with van der Waals surface area (Å²) in [6.45, 7) is 11.0. The predicted molar refractivity (Wildman–Crippen MR) is 284 cm³/mol. The number of esters is 3. The van der Waals surface area contributed by atoms with Crippen molar-refractivity contribution in [3.8, 4) is 0 Å². The molecular formula is C61H86O16. The highest BCUT2D eigenvalue weighted by atomic mass is 16.8. The Kier molecular flexibility index (Phi) is 20.6. The van der Waals surface area contributed by atoms with Gasteiger partial charge >= 0.3 is 24.1 Å². The Morgan fingerprint density at radius 3 is 1.95 bits per heavy atom. The van der Waals surface area contributed by atoms with E-state index in [0.29, 0.717) is 5.56 Å². The third-order valence-electron chi connectivity index (χ3n) is 17.7. The lowest BCUT2D eigenvalue weighted by atomic mass is 9.44. The average Bonchev–Trinajstić information content (AvgIpc) is 3.94. The molecule has 2 unspecified atom stereocenters. The van der Waals surface area contributed by atoms with Crippen LogP contribution >= 0.6 is 0 Å². The van der Waals surface area contributed by atoms with Gasteiger partial charge in [0.15, 0.2) is 17.7 Å². The fourth-order valence-corrected chi connectivity index (χ4v) is 13.0. The monoisotopic (exact) mass is 1070 g/mol. The summed E-state index contributed by atoms with van der Waals surface area (Å²) in [4.78, 5) is 71.0. The van der Waals surface area contributed by atoms with Crippen LogP contribution in [-0.4, -0.2) is 125 Å². The van der Waals surface area contributed by atoms with Gasteiger partial charge in [-0.25, -0.2) is 14.4 Å². The summed E-state index contributed by atoms with van der Waals surface area (Å²) in [5, 5.41) is 38.1. The van der Waals surface area contributed by atoms with E-state index in [4.69, 9.17) is 37.9 Å². The van der Waals surface area contributed by atoms with Crippen molar-refractivity contribution >= 4 is 29.8 Å². The van der Waals surface area contributed by atoms with Crippen molar-refractivity contribution in [1.29, 1.82) is 0 Å². The molecule has 0 aromatic heterocycles. The van der Waals surface area contributed by atoms with E-state index in [1.165, 1.54) is 103 Å². The zero-order valence-corrected chi connectivity index (χ0v) is 46.5. The van der Waals surface area contributed by atoms with Crippen molar-refractivity contribution in [2.75, 3.05) is 19.8 Å². The molecule has 16 heteroatoms. The topological polar surface area (TPSA) is 220 Å². The smallest absolute Gasteiger partial charge is 0.455 e. The zero-order valence-electron chi connectivity index (χ0n) is 46.5. The van der Waals surface area contributed by atoms with Crippen LogP contribution in [0, 0.1) is 16.7 Å². The molecule has 2 saturated carbocycles. The van der Waals surface area contributed by atoms with Crippen LogP contribution in [0.3, 0.4) is 0 Å². The van der Waals surface area contributed by atoms with Gasteiger partial charge in [0.25, 0.3) is 0 Å². The number of benzene rings is 2. The maximum atomic E-state index is 15.2. The molecule has 0 spiro atoms. The molecule has 3 aliphatic carbocycles. The Morgan fingerprint density at radius 1 is 0.792 bits per heavy atom. The van der Waals surface area contributed by atoms with Crippen LogP contribution in [-0.2, 0) is 52.3 Å². The van der Waals surface area contributed by atoms with E-state index < -0.39 is 119 Å². The van der Waals surface area contributed by atoms with Gasteiger partial charge in [-0.15, -0.1) is 0 Å². The number of ketones is 1. The first-order valence-electron chi connectivity index (χ1n) is 28.6. The summed E-state index contributed by atoms with van der Waals surface area (Å²) in [7, 11) is 0. The summed E-state index contributed by atoms with van der Waals surface area (Å²) in [6.07, 6.45) is 7.64. The van der Waals surface area contributed by atoms with E-state index in [0.717, 1.165) is 25.7 Å². The highest BCUT2D eigenvalue weighted by molar-refractivity contribution is 5.94. The molecule has 2 aromatic carbocycles. The van der Waals surface area contributed by atoms with Gasteiger partial charge in [0, 0.05) is 31.1 Å². The minimum absolute atomic E-state index is 0.0279. The molecule has 4 fully saturated rings. The molecule has 77 heavy (non-hydrogen) atoms. The number of Topliss-reactive ketones (excluding diaryl/α,β-unsaturated/α-hetero) is 1. The molecule has 2 aromatic rings. The average molecular weight is 1080 g/mol. The van der Waals surface area contributed by atoms with Crippen molar-refractivity contribution in [1.82, 2.24) is 0 Å². The summed E-state index contributed by atoms with van der Waals surface area (Å²) in [6, 6.07) is 16.8. The van der Waals surface area contributed by atoms with Crippen LogP contribution in [0.25, 0.3) is 0 Å². The van der Waals surface area contributed by atoms with Crippen molar-refractivity contribution in [3.63, 3.8) is 0 Å².